The van der Waals surface area contributed by atoms with Crippen LogP contribution in [0.3, 0.4) is 0 Å². The highest BCUT2D eigenvalue weighted by Crippen LogP contribution is 2.19. The fraction of sp³-hybridized carbons (Fsp3) is 0.385. The van der Waals surface area contributed by atoms with Crippen molar-refractivity contribution in [3.8, 4) is 0 Å². The smallest absolute Gasteiger partial charge is 0.251 e. The summed E-state index contributed by atoms with van der Waals surface area (Å²) in [6, 6.07) is 5.68. The topological polar surface area (TPSA) is 55.1 Å². The molecule has 1 aromatic heterocycles. The van der Waals surface area contributed by atoms with Crippen LogP contribution in [0.2, 0.25) is 0 Å². The second-order valence-electron chi connectivity index (χ2n) is 4.49. The van der Waals surface area contributed by atoms with Crippen LogP contribution in [0.25, 0.3) is 11.1 Å². The van der Waals surface area contributed by atoms with E-state index in [1.807, 2.05) is 6.07 Å². The Bertz CT molecular complexity index is 541. The Hall–Kier alpha value is -1.84. The Balaban J connectivity index is 1.79. The molecule has 0 spiro atoms. The summed E-state index contributed by atoms with van der Waals surface area (Å²) in [6.45, 7) is 0. The Morgan fingerprint density at radius 3 is 3.00 bits per heavy atom. The normalized spacial score (nSPS) is 16.5. The number of rotatable bonds is 2. The van der Waals surface area contributed by atoms with Gasteiger partial charge in [0.15, 0.2) is 12.0 Å². The number of benzene rings is 1. The molecule has 1 fully saturated rings. The van der Waals surface area contributed by atoms with E-state index in [0.29, 0.717) is 17.2 Å². The molecule has 1 saturated carbocycles. The van der Waals surface area contributed by atoms with Crippen LogP contribution in [-0.4, -0.2) is 16.9 Å². The van der Waals surface area contributed by atoms with Crippen molar-refractivity contribution in [3.05, 3.63) is 30.2 Å². The van der Waals surface area contributed by atoms with E-state index in [2.05, 4.69) is 10.3 Å². The second kappa shape index (κ2) is 4.20. The number of nitrogens with zero attached hydrogens (tertiary/aromatic N) is 1. The molecule has 3 rings (SSSR count). The molecular weight excluding hydrogens is 216 g/mol. The van der Waals surface area contributed by atoms with Gasteiger partial charge in [-0.15, -0.1) is 0 Å². The third-order valence-electron chi connectivity index (χ3n) is 3.28. The van der Waals surface area contributed by atoms with Gasteiger partial charge in [-0.2, -0.15) is 0 Å². The molecule has 0 atom stereocenters. The minimum atomic E-state index is -0.0183. The minimum Gasteiger partial charge on any atom is -0.443 e. The highest BCUT2D eigenvalue weighted by atomic mass is 16.3. The van der Waals surface area contributed by atoms with Crippen molar-refractivity contribution >= 4 is 17.0 Å². The van der Waals surface area contributed by atoms with Crippen molar-refractivity contribution < 1.29 is 9.21 Å². The predicted octanol–water partition coefficient (Wildman–Crippen LogP) is 2.50. The first-order valence-electron chi connectivity index (χ1n) is 5.97. The van der Waals surface area contributed by atoms with Gasteiger partial charge in [-0.05, 0) is 31.0 Å². The van der Waals surface area contributed by atoms with Crippen LogP contribution >= 0.6 is 0 Å². The molecule has 17 heavy (non-hydrogen) atoms. The van der Waals surface area contributed by atoms with Gasteiger partial charge in [0, 0.05) is 11.6 Å². The van der Waals surface area contributed by atoms with Crippen molar-refractivity contribution in [2.45, 2.75) is 31.7 Å². The molecule has 1 heterocycles. The summed E-state index contributed by atoms with van der Waals surface area (Å²) in [5, 5.41) is 3.05. The summed E-state index contributed by atoms with van der Waals surface area (Å²) in [4.78, 5) is 16.0. The lowest BCUT2D eigenvalue weighted by atomic mass is 10.1. The van der Waals surface area contributed by atoms with Gasteiger partial charge in [0.2, 0.25) is 0 Å². The van der Waals surface area contributed by atoms with Crippen LogP contribution in [0.1, 0.15) is 36.0 Å². The lowest BCUT2D eigenvalue weighted by Crippen LogP contribution is -2.32. The molecule has 0 radical (unpaired) electrons. The Morgan fingerprint density at radius 1 is 1.35 bits per heavy atom. The highest BCUT2D eigenvalue weighted by molar-refractivity contribution is 5.97. The van der Waals surface area contributed by atoms with Gasteiger partial charge in [0.1, 0.15) is 5.52 Å². The average Bonchev–Trinajstić information content (AvgIpc) is 2.97. The summed E-state index contributed by atoms with van der Waals surface area (Å²) in [5.41, 5.74) is 2.08. The number of carbonyl (C=O) groups excluding carboxylic acids is 1. The van der Waals surface area contributed by atoms with Crippen LogP contribution in [0.15, 0.2) is 29.0 Å². The Kier molecular flexibility index (Phi) is 2.55. The van der Waals surface area contributed by atoms with Gasteiger partial charge < -0.3 is 9.73 Å². The number of hydrogen-bond donors (Lipinski definition) is 1. The van der Waals surface area contributed by atoms with E-state index in [4.69, 9.17) is 4.42 Å². The average molecular weight is 230 g/mol. The first kappa shape index (κ1) is 10.3. The maximum absolute atomic E-state index is 12.0. The van der Waals surface area contributed by atoms with Crippen molar-refractivity contribution in [1.82, 2.24) is 10.3 Å². The lowest BCUT2D eigenvalue weighted by Gasteiger charge is -2.11. The minimum absolute atomic E-state index is 0.0183. The summed E-state index contributed by atoms with van der Waals surface area (Å²) >= 11 is 0. The zero-order valence-corrected chi connectivity index (χ0v) is 9.48. The van der Waals surface area contributed by atoms with E-state index in [9.17, 15) is 4.79 Å². The molecule has 0 saturated heterocycles. The van der Waals surface area contributed by atoms with Gasteiger partial charge in [-0.3, -0.25) is 4.79 Å². The van der Waals surface area contributed by atoms with Crippen molar-refractivity contribution in [2.24, 2.45) is 0 Å². The molecule has 4 heteroatoms. The van der Waals surface area contributed by atoms with Gasteiger partial charge in [-0.25, -0.2) is 4.98 Å². The standard InChI is InChI=1S/C13H14N2O2/c16-13(15-10-3-1-2-4-10)9-5-6-11-12(7-9)17-8-14-11/h5-8,10H,1-4H2,(H,15,16). The Morgan fingerprint density at radius 2 is 2.18 bits per heavy atom. The SMILES string of the molecule is O=C(NC1CCCC1)c1ccc2ncoc2c1. The Labute approximate surface area is 99.0 Å². The molecule has 1 aromatic carbocycles. The first-order valence-corrected chi connectivity index (χ1v) is 5.97. The van der Waals surface area contributed by atoms with Crippen LogP contribution < -0.4 is 5.32 Å². The number of amides is 1. The fourth-order valence-corrected chi connectivity index (χ4v) is 2.34. The molecule has 88 valence electrons. The van der Waals surface area contributed by atoms with E-state index in [1.54, 1.807) is 12.1 Å². The number of carbonyl (C=O) groups is 1. The molecule has 1 aliphatic carbocycles. The molecule has 0 aliphatic heterocycles. The molecule has 0 unspecified atom stereocenters. The predicted molar refractivity (Wildman–Crippen MR) is 63.7 cm³/mol. The summed E-state index contributed by atoms with van der Waals surface area (Å²) in [5.74, 6) is -0.0183. The molecule has 0 bridgehead atoms. The highest BCUT2D eigenvalue weighted by Gasteiger charge is 2.18. The number of oxazole rings is 1. The van der Waals surface area contributed by atoms with Gasteiger partial charge in [-0.1, -0.05) is 12.8 Å². The number of hydrogen-bond acceptors (Lipinski definition) is 3. The monoisotopic (exact) mass is 230 g/mol. The quantitative estimate of drug-likeness (QED) is 0.862. The van der Waals surface area contributed by atoms with E-state index >= 15 is 0 Å². The maximum Gasteiger partial charge on any atom is 0.251 e. The van der Waals surface area contributed by atoms with Gasteiger partial charge in [0.25, 0.3) is 5.91 Å². The van der Waals surface area contributed by atoms with E-state index in [0.717, 1.165) is 18.4 Å². The van der Waals surface area contributed by atoms with Gasteiger partial charge in [0.05, 0.1) is 0 Å². The number of nitrogens with one attached hydrogen (secondary N) is 1. The largest absolute Gasteiger partial charge is 0.443 e. The third-order valence-corrected chi connectivity index (χ3v) is 3.28. The fourth-order valence-electron chi connectivity index (χ4n) is 2.34. The van der Waals surface area contributed by atoms with Crippen molar-refractivity contribution in [2.75, 3.05) is 0 Å². The zero-order valence-electron chi connectivity index (χ0n) is 9.48. The molecular formula is C13H14N2O2. The first-order chi connectivity index (χ1) is 8.33. The molecule has 1 aliphatic rings. The molecule has 1 N–H and O–H groups in total. The maximum atomic E-state index is 12.0. The van der Waals surface area contributed by atoms with Crippen LogP contribution in [0.4, 0.5) is 0 Å². The summed E-state index contributed by atoms with van der Waals surface area (Å²) in [7, 11) is 0. The van der Waals surface area contributed by atoms with E-state index < -0.39 is 0 Å². The van der Waals surface area contributed by atoms with Crippen molar-refractivity contribution in [3.63, 3.8) is 0 Å². The molecule has 1 amide bonds. The van der Waals surface area contributed by atoms with E-state index in [1.165, 1.54) is 19.2 Å². The van der Waals surface area contributed by atoms with Crippen molar-refractivity contribution in [1.29, 1.82) is 0 Å². The van der Waals surface area contributed by atoms with E-state index in [-0.39, 0.29) is 5.91 Å². The van der Waals surface area contributed by atoms with Crippen LogP contribution in [0, 0.1) is 0 Å². The molecule has 4 nitrogen and oxygen atoms in total. The van der Waals surface area contributed by atoms with Crippen LogP contribution in [0.5, 0.6) is 0 Å². The third kappa shape index (κ3) is 2.02. The zero-order chi connectivity index (χ0) is 11.7. The summed E-state index contributed by atoms with van der Waals surface area (Å²) < 4.78 is 5.19. The second-order valence-corrected chi connectivity index (χ2v) is 4.49. The number of fused-ring (bicyclic) bond motifs is 1. The summed E-state index contributed by atoms with van der Waals surface area (Å²) in [6.07, 6.45) is 6.01. The lowest BCUT2D eigenvalue weighted by molar-refractivity contribution is 0.0938. The van der Waals surface area contributed by atoms with Gasteiger partial charge >= 0.3 is 0 Å². The van der Waals surface area contributed by atoms with Crippen LogP contribution in [-0.2, 0) is 0 Å². The molecule has 2 aromatic rings. The number of aromatic nitrogens is 1.